The molecule has 0 atom stereocenters. The third-order valence-electron chi connectivity index (χ3n) is 2.83. The Balaban J connectivity index is 1.74. The number of benzene rings is 2. The lowest BCUT2D eigenvalue weighted by Gasteiger charge is -2.06. The van der Waals surface area contributed by atoms with Gasteiger partial charge in [-0.25, -0.2) is 0 Å². The van der Waals surface area contributed by atoms with Crippen LogP contribution < -0.4 is 10.6 Å². The van der Waals surface area contributed by atoms with Gasteiger partial charge in [0.1, 0.15) is 0 Å². The second-order valence-corrected chi connectivity index (χ2v) is 5.89. The van der Waals surface area contributed by atoms with Crippen molar-refractivity contribution in [2.24, 2.45) is 0 Å². The number of hydrogen-bond donors (Lipinski definition) is 2. The number of anilines is 2. The van der Waals surface area contributed by atoms with E-state index >= 15 is 0 Å². The van der Waals surface area contributed by atoms with Gasteiger partial charge >= 0.3 is 0 Å². The molecule has 0 heterocycles. The normalized spacial score (nSPS) is 10.0. The summed E-state index contributed by atoms with van der Waals surface area (Å²) in [7, 11) is 0. The fraction of sp³-hybridized carbons (Fsp3) is 0.176. The second kappa shape index (κ2) is 8.24. The first-order valence-electron chi connectivity index (χ1n) is 6.99. The van der Waals surface area contributed by atoms with Crippen LogP contribution in [0, 0.1) is 0 Å². The van der Waals surface area contributed by atoms with E-state index in [-0.39, 0.29) is 11.8 Å². The van der Waals surface area contributed by atoms with E-state index < -0.39 is 0 Å². The van der Waals surface area contributed by atoms with Crippen molar-refractivity contribution in [3.8, 4) is 0 Å². The van der Waals surface area contributed by atoms with Crippen LogP contribution in [-0.2, 0) is 9.59 Å². The molecule has 2 N–H and O–H groups in total. The fourth-order valence-corrected chi connectivity index (χ4v) is 2.70. The number of carbonyl (C=O) groups is 2. The highest BCUT2D eigenvalue weighted by Crippen LogP contribution is 2.21. The molecule has 0 bridgehead atoms. The molecule has 2 aromatic rings. The minimum Gasteiger partial charge on any atom is -0.326 e. The van der Waals surface area contributed by atoms with Crippen LogP contribution in [0.2, 0.25) is 0 Å². The van der Waals surface area contributed by atoms with Crippen molar-refractivity contribution in [2.75, 3.05) is 16.4 Å². The van der Waals surface area contributed by atoms with Crippen LogP contribution in [0.5, 0.6) is 0 Å². The third kappa shape index (κ3) is 5.61. The molecular weight excluding hydrogens is 296 g/mol. The predicted molar refractivity (Wildman–Crippen MR) is 91.2 cm³/mol. The van der Waals surface area contributed by atoms with E-state index in [9.17, 15) is 9.59 Å². The average molecular weight is 314 g/mol. The van der Waals surface area contributed by atoms with Gasteiger partial charge in [-0.2, -0.15) is 0 Å². The number of carbonyl (C=O) groups excluding carboxylic acids is 2. The Morgan fingerprint density at radius 3 is 2.18 bits per heavy atom. The SMILES string of the molecule is CC(=O)Nc1ccc(SCCC(=O)Nc2ccccc2)cc1. The molecule has 0 aromatic heterocycles. The first-order chi connectivity index (χ1) is 10.6. The van der Waals surface area contributed by atoms with Gasteiger partial charge in [-0.3, -0.25) is 9.59 Å². The van der Waals surface area contributed by atoms with Crippen molar-refractivity contribution in [3.63, 3.8) is 0 Å². The summed E-state index contributed by atoms with van der Waals surface area (Å²) in [4.78, 5) is 23.8. The van der Waals surface area contributed by atoms with Gasteiger partial charge in [0, 0.05) is 35.4 Å². The van der Waals surface area contributed by atoms with Crippen LogP contribution >= 0.6 is 11.8 Å². The molecule has 2 aromatic carbocycles. The summed E-state index contributed by atoms with van der Waals surface area (Å²) in [5.41, 5.74) is 1.59. The quantitative estimate of drug-likeness (QED) is 0.798. The average Bonchev–Trinajstić information content (AvgIpc) is 2.49. The summed E-state index contributed by atoms with van der Waals surface area (Å²) in [5.74, 6) is 0.629. The number of para-hydroxylation sites is 1. The van der Waals surface area contributed by atoms with E-state index in [2.05, 4.69) is 10.6 Å². The standard InChI is InChI=1S/C17H18N2O2S/c1-13(20)18-15-7-9-16(10-8-15)22-12-11-17(21)19-14-5-3-2-4-6-14/h2-10H,11-12H2,1H3,(H,18,20)(H,19,21). The lowest BCUT2D eigenvalue weighted by Crippen LogP contribution is -2.11. The van der Waals surface area contributed by atoms with Crippen molar-refractivity contribution >= 4 is 35.0 Å². The molecule has 0 radical (unpaired) electrons. The Morgan fingerprint density at radius 1 is 0.909 bits per heavy atom. The van der Waals surface area contributed by atoms with Gasteiger partial charge in [0.25, 0.3) is 0 Å². The first kappa shape index (κ1) is 16.1. The minimum atomic E-state index is -0.0852. The van der Waals surface area contributed by atoms with Gasteiger partial charge in [-0.15, -0.1) is 11.8 Å². The van der Waals surface area contributed by atoms with Gasteiger partial charge in [0.05, 0.1) is 0 Å². The first-order valence-corrected chi connectivity index (χ1v) is 7.97. The molecular formula is C17H18N2O2S. The molecule has 0 fully saturated rings. The summed E-state index contributed by atoms with van der Waals surface area (Å²) in [6.07, 6.45) is 0.451. The van der Waals surface area contributed by atoms with Crippen molar-refractivity contribution in [2.45, 2.75) is 18.2 Å². The van der Waals surface area contributed by atoms with E-state index in [4.69, 9.17) is 0 Å². The Hall–Kier alpha value is -2.27. The molecule has 2 rings (SSSR count). The summed E-state index contributed by atoms with van der Waals surface area (Å²) < 4.78 is 0. The molecule has 22 heavy (non-hydrogen) atoms. The monoisotopic (exact) mass is 314 g/mol. The lowest BCUT2D eigenvalue weighted by molar-refractivity contribution is -0.116. The van der Waals surface area contributed by atoms with Crippen molar-refractivity contribution < 1.29 is 9.59 Å². The number of hydrogen-bond acceptors (Lipinski definition) is 3. The Bertz CT molecular complexity index is 627. The van der Waals surface area contributed by atoms with E-state index in [1.54, 1.807) is 11.8 Å². The molecule has 0 aliphatic heterocycles. The van der Waals surface area contributed by atoms with Gasteiger partial charge in [-0.1, -0.05) is 18.2 Å². The van der Waals surface area contributed by atoms with Crippen molar-refractivity contribution in [1.29, 1.82) is 0 Å². The molecule has 0 saturated heterocycles. The van der Waals surface area contributed by atoms with Crippen LogP contribution in [0.3, 0.4) is 0 Å². The topological polar surface area (TPSA) is 58.2 Å². The Morgan fingerprint density at radius 2 is 1.55 bits per heavy atom. The van der Waals surface area contributed by atoms with Gasteiger partial charge in [-0.05, 0) is 36.4 Å². The number of rotatable bonds is 6. The third-order valence-corrected chi connectivity index (χ3v) is 3.84. The van der Waals surface area contributed by atoms with Crippen LogP contribution in [0.15, 0.2) is 59.5 Å². The van der Waals surface area contributed by atoms with E-state index in [0.29, 0.717) is 12.2 Å². The summed E-state index contributed by atoms with van der Waals surface area (Å²) in [6.45, 7) is 1.48. The maximum Gasteiger partial charge on any atom is 0.225 e. The largest absolute Gasteiger partial charge is 0.326 e. The minimum absolute atomic E-state index is 0.00793. The lowest BCUT2D eigenvalue weighted by atomic mass is 10.3. The zero-order valence-electron chi connectivity index (χ0n) is 12.3. The van der Waals surface area contributed by atoms with E-state index in [1.807, 2.05) is 54.6 Å². The molecule has 0 aliphatic carbocycles. The highest BCUT2D eigenvalue weighted by atomic mass is 32.2. The van der Waals surface area contributed by atoms with Gasteiger partial charge < -0.3 is 10.6 Å². The maximum atomic E-state index is 11.8. The molecule has 2 amide bonds. The maximum absolute atomic E-state index is 11.8. The van der Waals surface area contributed by atoms with Crippen molar-refractivity contribution in [1.82, 2.24) is 0 Å². The molecule has 4 nitrogen and oxygen atoms in total. The van der Waals surface area contributed by atoms with Gasteiger partial charge in [0.2, 0.25) is 11.8 Å². The highest BCUT2D eigenvalue weighted by molar-refractivity contribution is 7.99. The molecule has 0 saturated carbocycles. The number of nitrogens with one attached hydrogen (secondary N) is 2. The Labute approximate surface area is 134 Å². The van der Waals surface area contributed by atoms with Crippen LogP contribution in [0.4, 0.5) is 11.4 Å². The van der Waals surface area contributed by atoms with Crippen LogP contribution in [0.25, 0.3) is 0 Å². The zero-order valence-corrected chi connectivity index (χ0v) is 13.2. The fourth-order valence-electron chi connectivity index (χ4n) is 1.84. The van der Waals surface area contributed by atoms with Gasteiger partial charge in [0.15, 0.2) is 0 Å². The number of amides is 2. The molecule has 0 aliphatic rings. The van der Waals surface area contributed by atoms with Crippen LogP contribution in [-0.4, -0.2) is 17.6 Å². The Kier molecular flexibility index (Phi) is 6.03. The zero-order chi connectivity index (χ0) is 15.8. The summed E-state index contributed by atoms with van der Waals surface area (Å²) in [5, 5.41) is 5.58. The van der Waals surface area contributed by atoms with E-state index in [0.717, 1.165) is 16.3 Å². The summed E-state index contributed by atoms with van der Waals surface area (Å²) >= 11 is 1.61. The second-order valence-electron chi connectivity index (χ2n) is 4.72. The van der Waals surface area contributed by atoms with E-state index in [1.165, 1.54) is 6.92 Å². The molecule has 0 unspecified atom stereocenters. The number of thioether (sulfide) groups is 1. The smallest absolute Gasteiger partial charge is 0.225 e. The summed E-state index contributed by atoms with van der Waals surface area (Å²) in [6, 6.07) is 17.0. The molecule has 0 spiro atoms. The predicted octanol–water partition coefficient (Wildman–Crippen LogP) is 3.77. The van der Waals surface area contributed by atoms with Crippen molar-refractivity contribution in [3.05, 3.63) is 54.6 Å². The molecule has 114 valence electrons. The molecule has 5 heteroatoms. The highest BCUT2D eigenvalue weighted by Gasteiger charge is 2.03. The van der Waals surface area contributed by atoms with Crippen LogP contribution in [0.1, 0.15) is 13.3 Å².